The van der Waals surface area contributed by atoms with Crippen LogP contribution in [0.25, 0.3) is 0 Å². The number of carbonyl (C=O) groups is 1. The van der Waals surface area contributed by atoms with Gasteiger partial charge in [-0.25, -0.2) is 4.79 Å². The van der Waals surface area contributed by atoms with Crippen LogP contribution in [-0.4, -0.2) is 32.7 Å². The molecule has 0 atom stereocenters. The molecule has 1 rings (SSSR count). The Morgan fingerprint density at radius 1 is 1.35 bits per heavy atom. The van der Waals surface area contributed by atoms with E-state index in [0.29, 0.717) is 10.6 Å². The maximum atomic E-state index is 10.5. The molecule has 0 saturated carbocycles. The van der Waals surface area contributed by atoms with Gasteiger partial charge in [-0.3, -0.25) is 0 Å². The smallest absolute Gasteiger partial charge is 0.449 e. The highest BCUT2D eigenvalue weighted by atomic mass is 16.4. The van der Waals surface area contributed by atoms with Crippen LogP contribution in [-0.2, 0) is 0 Å². The molecule has 1 aromatic heterocycles. The molecule has 0 bridgehead atoms. The topological polar surface area (TPSA) is 80.0 Å². The molecule has 0 aliphatic carbocycles. The minimum absolute atomic E-state index is 0.515. The average molecular weight is 240 g/mol. The number of hydrogen-bond acceptors (Lipinski definition) is 4. The van der Waals surface area contributed by atoms with Crippen LogP contribution in [0.15, 0.2) is 6.20 Å². The van der Waals surface area contributed by atoms with E-state index in [1.54, 1.807) is 0 Å². The van der Waals surface area contributed by atoms with Gasteiger partial charge in [0.25, 0.3) is 0 Å². The second-order valence-corrected chi connectivity index (χ2v) is 4.00. The Labute approximate surface area is 101 Å². The van der Waals surface area contributed by atoms with Gasteiger partial charge in [-0.1, -0.05) is 43.8 Å². The number of aromatic nitrogens is 3. The van der Waals surface area contributed by atoms with Crippen LogP contribution in [0.1, 0.15) is 45.4 Å². The fourth-order valence-electron chi connectivity index (χ4n) is 1.56. The van der Waals surface area contributed by atoms with Gasteiger partial charge < -0.3 is 10.4 Å². The monoisotopic (exact) mass is 240 g/mol. The average Bonchev–Trinajstić information content (AvgIpc) is 2.77. The third-order valence-corrected chi connectivity index (χ3v) is 2.50. The SMILES string of the molecule is CCCCCCCCNc1cnn(C(=O)O)n1. The summed E-state index contributed by atoms with van der Waals surface area (Å²) >= 11 is 0. The third-order valence-electron chi connectivity index (χ3n) is 2.50. The number of nitrogens with zero attached hydrogens (tertiary/aromatic N) is 3. The highest BCUT2D eigenvalue weighted by molar-refractivity contribution is 5.65. The fraction of sp³-hybridized carbons (Fsp3) is 0.727. The van der Waals surface area contributed by atoms with Crippen molar-refractivity contribution in [3.8, 4) is 0 Å². The predicted molar refractivity (Wildman–Crippen MR) is 65.3 cm³/mol. The van der Waals surface area contributed by atoms with Crippen LogP contribution in [0, 0.1) is 0 Å². The number of unbranched alkanes of at least 4 members (excludes halogenated alkanes) is 5. The maximum absolute atomic E-state index is 10.5. The Morgan fingerprint density at radius 3 is 2.71 bits per heavy atom. The van der Waals surface area contributed by atoms with Crippen LogP contribution >= 0.6 is 0 Å². The lowest BCUT2D eigenvalue weighted by molar-refractivity contribution is 0.188. The largest absolute Gasteiger partial charge is 0.462 e. The Bertz CT molecular complexity index is 338. The van der Waals surface area contributed by atoms with Crippen LogP contribution < -0.4 is 5.32 Å². The first kappa shape index (κ1) is 13.5. The van der Waals surface area contributed by atoms with Crippen LogP contribution in [0.2, 0.25) is 0 Å². The second kappa shape index (κ2) is 7.65. The van der Waals surface area contributed by atoms with Gasteiger partial charge >= 0.3 is 6.09 Å². The minimum Gasteiger partial charge on any atom is -0.462 e. The lowest BCUT2D eigenvalue weighted by Crippen LogP contribution is -2.12. The Balaban J connectivity index is 2.07. The van der Waals surface area contributed by atoms with Crippen LogP contribution in [0.4, 0.5) is 10.6 Å². The quantitative estimate of drug-likeness (QED) is 0.683. The molecule has 0 aliphatic rings. The molecule has 0 radical (unpaired) electrons. The lowest BCUT2D eigenvalue weighted by atomic mass is 10.1. The summed E-state index contributed by atoms with van der Waals surface area (Å²) in [6.45, 7) is 3.01. The molecule has 96 valence electrons. The molecule has 0 unspecified atom stereocenters. The zero-order chi connectivity index (χ0) is 12.5. The van der Waals surface area contributed by atoms with Crippen molar-refractivity contribution in [1.82, 2.24) is 15.0 Å². The lowest BCUT2D eigenvalue weighted by Gasteiger charge is -2.02. The van der Waals surface area contributed by atoms with Crippen LogP contribution in [0.3, 0.4) is 0 Å². The Morgan fingerprint density at radius 2 is 2.06 bits per heavy atom. The molecule has 6 heteroatoms. The van der Waals surface area contributed by atoms with Crippen molar-refractivity contribution < 1.29 is 9.90 Å². The van der Waals surface area contributed by atoms with Crippen molar-refractivity contribution >= 4 is 11.9 Å². The van der Waals surface area contributed by atoms with Gasteiger partial charge in [0.1, 0.15) is 0 Å². The first-order valence-corrected chi connectivity index (χ1v) is 6.13. The number of anilines is 1. The summed E-state index contributed by atoms with van der Waals surface area (Å²) in [5, 5.41) is 19.0. The summed E-state index contributed by atoms with van der Waals surface area (Å²) < 4.78 is 0. The standard InChI is InChI=1S/C11H20N4O2/c1-2-3-4-5-6-7-8-12-10-9-13-15(14-10)11(16)17/h9H,2-8H2,1H3,(H,12,14)(H,16,17). The van der Waals surface area contributed by atoms with Gasteiger partial charge in [-0.2, -0.15) is 0 Å². The van der Waals surface area contributed by atoms with Gasteiger partial charge in [0, 0.05) is 6.54 Å². The second-order valence-electron chi connectivity index (χ2n) is 4.00. The molecule has 1 heterocycles. The first-order chi connectivity index (χ1) is 8.24. The van der Waals surface area contributed by atoms with Crippen molar-refractivity contribution in [2.45, 2.75) is 45.4 Å². The molecule has 0 saturated heterocycles. The molecule has 0 amide bonds. The van der Waals surface area contributed by atoms with Gasteiger partial charge in [-0.05, 0) is 6.42 Å². The molecule has 0 aromatic carbocycles. The molecule has 0 spiro atoms. The van der Waals surface area contributed by atoms with Gasteiger partial charge in [0.2, 0.25) is 0 Å². The zero-order valence-electron chi connectivity index (χ0n) is 10.2. The van der Waals surface area contributed by atoms with Gasteiger partial charge in [0.15, 0.2) is 5.82 Å². The highest BCUT2D eigenvalue weighted by Crippen LogP contribution is 2.05. The van der Waals surface area contributed by atoms with Crippen molar-refractivity contribution in [1.29, 1.82) is 0 Å². The highest BCUT2D eigenvalue weighted by Gasteiger charge is 2.04. The van der Waals surface area contributed by atoms with E-state index in [4.69, 9.17) is 5.11 Å². The Kier molecular flexibility index (Phi) is 6.06. The normalized spacial score (nSPS) is 10.4. The van der Waals surface area contributed by atoms with E-state index in [1.165, 1.54) is 38.3 Å². The third kappa shape index (κ3) is 5.33. The molecule has 6 nitrogen and oxygen atoms in total. The van der Waals surface area contributed by atoms with Crippen molar-refractivity contribution in [3.05, 3.63) is 6.20 Å². The molecular weight excluding hydrogens is 220 g/mol. The fourth-order valence-corrected chi connectivity index (χ4v) is 1.56. The summed E-state index contributed by atoms with van der Waals surface area (Å²) in [5.74, 6) is 0.515. The summed E-state index contributed by atoms with van der Waals surface area (Å²) in [4.78, 5) is 11.2. The minimum atomic E-state index is -1.17. The zero-order valence-corrected chi connectivity index (χ0v) is 10.2. The molecular formula is C11H20N4O2. The van der Waals surface area contributed by atoms with Gasteiger partial charge in [-0.15, -0.1) is 10.2 Å². The summed E-state index contributed by atoms with van der Waals surface area (Å²) in [5.41, 5.74) is 0. The molecule has 0 fully saturated rings. The Hall–Kier alpha value is -1.59. The molecule has 17 heavy (non-hydrogen) atoms. The summed E-state index contributed by atoms with van der Waals surface area (Å²) in [7, 11) is 0. The number of rotatable bonds is 8. The number of carboxylic acid groups (broad SMARTS) is 1. The van der Waals surface area contributed by atoms with E-state index >= 15 is 0 Å². The van der Waals surface area contributed by atoms with Crippen molar-refractivity contribution in [2.75, 3.05) is 11.9 Å². The van der Waals surface area contributed by atoms with Gasteiger partial charge in [0.05, 0.1) is 6.20 Å². The van der Waals surface area contributed by atoms with E-state index in [2.05, 4.69) is 22.4 Å². The molecule has 2 N–H and O–H groups in total. The van der Waals surface area contributed by atoms with E-state index in [1.807, 2.05) is 0 Å². The van der Waals surface area contributed by atoms with E-state index in [0.717, 1.165) is 13.0 Å². The van der Waals surface area contributed by atoms with E-state index < -0.39 is 6.09 Å². The molecule has 1 aromatic rings. The summed E-state index contributed by atoms with van der Waals surface area (Å²) in [6, 6.07) is 0. The van der Waals surface area contributed by atoms with Crippen LogP contribution in [0.5, 0.6) is 0 Å². The van der Waals surface area contributed by atoms with Crippen molar-refractivity contribution in [3.63, 3.8) is 0 Å². The maximum Gasteiger partial charge on any atom is 0.449 e. The van der Waals surface area contributed by atoms with E-state index in [-0.39, 0.29) is 0 Å². The summed E-state index contributed by atoms with van der Waals surface area (Å²) in [6.07, 6.45) is 7.65. The predicted octanol–water partition coefficient (Wildman–Crippen LogP) is 2.58. The number of hydrogen-bond donors (Lipinski definition) is 2. The van der Waals surface area contributed by atoms with Crippen molar-refractivity contribution in [2.24, 2.45) is 0 Å². The molecule has 0 aliphatic heterocycles. The first-order valence-electron chi connectivity index (χ1n) is 6.13. The van der Waals surface area contributed by atoms with E-state index in [9.17, 15) is 4.79 Å². The number of nitrogens with one attached hydrogen (secondary N) is 1.